The summed E-state index contributed by atoms with van der Waals surface area (Å²) in [6.45, 7) is 3.36. The van der Waals surface area contributed by atoms with E-state index in [4.69, 9.17) is 49.9 Å². The molecule has 0 aliphatic rings. The Kier molecular flexibility index (Phi) is 11.6. The number of nitrogens with two attached hydrogens (primary N) is 1. The summed E-state index contributed by atoms with van der Waals surface area (Å²) < 4.78 is 5.43. The fourth-order valence-corrected chi connectivity index (χ4v) is 4.41. The molecular formula is C30H33Cl3N4O4. The molecule has 0 unspecified atom stereocenters. The lowest BCUT2D eigenvalue weighted by Gasteiger charge is -2.23. The summed E-state index contributed by atoms with van der Waals surface area (Å²) in [5.74, 6) is -0.564. The number of hydrogen-bond acceptors (Lipinski definition) is 6. The van der Waals surface area contributed by atoms with E-state index in [1.165, 1.54) is 25.8 Å². The molecule has 4 rings (SSSR count). The van der Waals surface area contributed by atoms with Crippen molar-refractivity contribution in [2.75, 3.05) is 14.2 Å². The molecule has 41 heavy (non-hydrogen) atoms. The minimum Gasteiger partial charge on any atom is -0.356 e. The number of rotatable bonds is 9. The van der Waals surface area contributed by atoms with Crippen molar-refractivity contribution in [2.24, 2.45) is 5.73 Å². The van der Waals surface area contributed by atoms with Crippen LogP contribution in [0.25, 0.3) is 11.0 Å². The van der Waals surface area contributed by atoms with Crippen LogP contribution in [0.15, 0.2) is 71.3 Å². The van der Waals surface area contributed by atoms with E-state index in [2.05, 4.69) is 22.6 Å². The van der Waals surface area contributed by atoms with Gasteiger partial charge in [0, 0.05) is 22.5 Å². The summed E-state index contributed by atoms with van der Waals surface area (Å²) in [5.41, 5.74) is 7.89. The number of amides is 2. The Labute approximate surface area is 254 Å². The highest BCUT2D eigenvalue weighted by Crippen LogP contribution is 2.29. The predicted octanol–water partition coefficient (Wildman–Crippen LogP) is 7.03. The lowest BCUT2D eigenvalue weighted by atomic mass is 9.99. The highest BCUT2D eigenvalue weighted by atomic mass is 35.5. The molecule has 0 aliphatic heterocycles. The molecule has 3 N–H and O–H groups in total. The van der Waals surface area contributed by atoms with Crippen LogP contribution in [-0.2, 0) is 16.1 Å². The number of carbonyl (C=O) groups is 2. The second-order valence-corrected chi connectivity index (χ2v) is 11.2. The first-order valence-electron chi connectivity index (χ1n) is 12.9. The van der Waals surface area contributed by atoms with E-state index in [1.54, 1.807) is 38.1 Å². The first kappa shape index (κ1) is 32.4. The molecule has 0 bridgehead atoms. The van der Waals surface area contributed by atoms with Gasteiger partial charge in [-0.2, -0.15) is 0 Å². The van der Waals surface area contributed by atoms with Crippen molar-refractivity contribution >= 4 is 57.6 Å². The topological polar surface area (TPSA) is 111 Å². The number of hydrogen-bond donors (Lipinski definition) is 2. The van der Waals surface area contributed by atoms with E-state index in [1.807, 2.05) is 24.3 Å². The van der Waals surface area contributed by atoms with Crippen LogP contribution in [0.2, 0.25) is 15.1 Å². The molecule has 1 aromatic heterocycles. The maximum Gasteiger partial charge on any atom is 0.278 e. The molecule has 0 radical (unpaired) electrons. The molecule has 0 saturated carbocycles. The quantitative estimate of drug-likeness (QED) is 0.195. The summed E-state index contributed by atoms with van der Waals surface area (Å²) in [6.07, 6.45) is 2.51. The Bertz CT molecular complexity index is 1470. The van der Waals surface area contributed by atoms with Crippen LogP contribution in [-0.4, -0.2) is 41.7 Å². The molecule has 1 heterocycles. The minimum atomic E-state index is -0.977. The maximum atomic E-state index is 12.5. The molecule has 3 aromatic carbocycles. The van der Waals surface area contributed by atoms with Crippen LogP contribution in [0.3, 0.4) is 0 Å². The van der Waals surface area contributed by atoms with E-state index in [0.717, 1.165) is 23.3 Å². The molecule has 0 saturated heterocycles. The van der Waals surface area contributed by atoms with Gasteiger partial charge in [-0.15, -0.1) is 0 Å². The molecule has 0 spiro atoms. The van der Waals surface area contributed by atoms with Crippen LogP contribution < -0.4 is 11.1 Å². The fourth-order valence-electron chi connectivity index (χ4n) is 3.87. The number of fused-ring (bicyclic) bond motifs is 1. The zero-order valence-electron chi connectivity index (χ0n) is 23.3. The van der Waals surface area contributed by atoms with E-state index in [-0.39, 0.29) is 17.9 Å². The lowest BCUT2D eigenvalue weighted by molar-refractivity contribution is -0.126. The largest absolute Gasteiger partial charge is 0.356 e. The molecular weight excluding hydrogens is 587 g/mol. The highest BCUT2D eigenvalue weighted by molar-refractivity contribution is 6.35. The molecule has 218 valence electrons. The Morgan fingerprint density at radius 2 is 1.71 bits per heavy atom. The normalized spacial score (nSPS) is 11.9. The zero-order valence-corrected chi connectivity index (χ0v) is 25.6. The number of aryl methyl sites for hydroxylation is 1. The second kappa shape index (κ2) is 14.7. The zero-order chi connectivity index (χ0) is 30.2. The average Bonchev–Trinajstić information content (AvgIpc) is 3.36. The highest BCUT2D eigenvalue weighted by Gasteiger charge is 2.28. The van der Waals surface area contributed by atoms with Crippen LogP contribution in [0.4, 0.5) is 0 Å². The van der Waals surface area contributed by atoms with Crippen molar-refractivity contribution < 1.29 is 18.9 Å². The van der Waals surface area contributed by atoms with Gasteiger partial charge in [0.05, 0.1) is 29.3 Å². The second-order valence-electron chi connectivity index (χ2n) is 9.94. The van der Waals surface area contributed by atoms with Gasteiger partial charge in [0.25, 0.3) is 5.91 Å². The van der Waals surface area contributed by atoms with Gasteiger partial charge in [0.15, 0.2) is 5.58 Å². The number of benzene rings is 3. The Balaban J connectivity index is 0.000000278. The van der Waals surface area contributed by atoms with Gasteiger partial charge in [-0.1, -0.05) is 70.3 Å². The SMILES string of the molecule is CC(C)(N)C(=O)N[C@H](CCCc1ccccc1)c1noc2ccc(Cl)cc12.CON(C)C(=O)c1cc(Cl)ccc1Cl. The van der Waals surface area contributed by atoms with Gasteiger partial charge >= 0.3 is 0 Å². The Morgan fingerprint density at radius 1 is 1.05 bits per heavy atom. The summed E-state index contributed by atoms with van der Waals surface area (Å²) in [5, 5.41) is 10.5. The number of carbonyl (C=O) groups excluding carboxylic acids is 2. The van der Waals surface area contributed by atoms with Gasteiger partial charge in [-0.25, -0.2) is 5.06 Å². The molecule has 4 aromatic rings. The van der Waals surface area contributed by atoms with Gasteiger partial charge in [0.2, 0.25) is 5.91 Å². The van der Waals surface area contributed by atoms with E-state index >= 15 is 0 Å². The van der Waals surface area contributed by atoms with Crippen molar-refractivity contribution in [1.82, 2.24) is 15.5 Å². The molecule has 0 aliphatic carbocycles. The third-order valence-corrected chi connectivity index (χ3v) is 7.00. The number of nitrogens with one attached hydrogen (secondary N) is 1. The number of hydroxylamine groups is 2. The fraction of sp³-hybridized carbons (Fsp3) is 0.300. The van der Waals surface area contributed by atoms with Crippen molar-refractivity contribution in [3.63, 3.8) is 0 Å². The van der Waals surface area contributed by atoms with Gasteiger partial charge in [-0.05, 0) is 75.1 Å². The third kappa shape index (κ3) is 9.18. The van der Waals surface area contributed by atoms with Gasteiger partial charge in [0.1, 0.15) is 5.69 Å². The summed E-state index contributed by atoms with van der Waals surface area (Å²) in [4.78, 5) is 28.8. The van der Waals surface area contributed by atoms with Crippen LogP contribution in [0.5, 0.6) is 0 Å². The monoisotopic (exact) mass is 618 g/mol. The Morgan fingerprint density at radius 3 is 2.37 bits per heavy atom. The standard InChI is InChI=1S/C21H24ClN3O2.C9H9Cl2NO2/c1-21(2,23)20(26)24-17(10-6-9-14-7-4-3-5-8-14)19-16-13-15(22)11-12-18(16)27-25-19;1-12(14-2)9(13)7-5-6(10)3-4-8(7)11/h3-5,7-8,11-13,17H,6,9-10,23H2,1-2H3,(H,24,26);3-5H,1-2H3/t17-;/m1./s1. The lowest BCUT2D eigenvalue weighted by Crippen LogP contribution is -2.50. The molecule has 1 atom stereocenters. The number of halogens is 3. The van der Waals surface area contributed by atoms with Crippen LogP contribution in [0, 0.1) is 0 Å². The van der Waals surface area contributed by atoms with Crippen LogP contribution >= 0.6 is 34.8 Å². The summed E-state index contributed by atoms with van der Waals surface area (Å²) in [7, 11) is 2.90. The van der Waals surface area contributed by atoms with Crippen molar-refractivity contribution in [3.8, 4) is 0 Å². The van der Waals surface area contributed by atoms with Gasteiger partial charge < -0.3 is 15.6 Å². The van der Waals surface area contributed by atoms with E-state index < -0.39 is 5.54 Å². The average molecular weight is 620 g/mol. The smallest absolute Gasteiger partial charge is 0.278 e. The van der Waals surface area contributed by atoms with Crippen molar-refractivity contribution in [1.29, 1.82) is 0 Å². The third-order valence-electron chi connectivity index (χ3n) is 6.20. The van der Waals surface area contributed by atoms with Crippen molar-refractivity contribution in [2.45, 2.75) is 44.7 Å². The maximum absolute atomic E-state index is 12.5. The first-order chi connectivity index (χ1) is 19.4. The number of aromatic nitrogens is 1. The van der Waals surface area contributed by atoms with Crippen LogP contribution in [0.1, 0.15) is 54.3 Å². The molecule has 0 fully saturated rings. The summed E-state index contributed by atoms with van der Waals surface area (Å²) >= 11 is 17.7. The van der Waals surface area contributed by atoms with E-state index in [9.17, 15) is 9.59 Å². The Hall–Kier alpha value is -3.14. The molecule has 2 amide bonds. The minimum absolute atomic E-state index is 0.231. The summed E-state index contributed by atoms with van der Waals surface area (Å²) in [6, 6.07) is 20.0. The predicted molar refractivity (Wildman–Crippen MR) is 163 cm³/mol. The molecule has 8 nitrogen and oxygen atoms in total. The molecule has 11 heteroatoms. The van der Waals surface area contributed by atoms with Gasteiger partial charge in [-0.3, -0.25) is 14.4 Å². The number of nitrogens with zero attached hydrogens (tertiary/aromatic N) is 2. The van der Waals surface area contributed by atoms with Crippen molar-refractivity contribution in [3.05, 3.63) is 98.6 Å². The first-order valence-corrected chi connectivity index (χ1v) is 14.0. The van der Waals surface area contributed by atoms with E-state index in [0.29, 0.717) is 38.3 Å².